The number of amides is 2. The fraction of sp³-hybridized carbons (Fsp3) is 0.480. The summed E-state index contributed by atoms with van der Waals surface area (Å²) in [5, 5.41) is 14.2. The van der Waals surface area contributed by atoms with Crippen molar-refractivity contribution in [3.8, 4) is 0 Å². The Hall–Kier alpha value is -3.07. The molecule has 2 amide bonds. The van der Waals surface area contributed by atoms with Gasteiger partial charge in [-0.25, -0.2) is 0 Å². The lowest BCUT2D eigenvalue weighted by atomic mass is 9.93. The van der Waals surface area contributed by atoms with Crippen LogP contribution in [0.5, 0.6) is 0 Å². The normalized spacial score (nSPS) is 16.5. The second-order valence-electron chi connectivity index (χ2n) is 9.35. The van der Waals surface area contributed by atoms with Crippen molar-refractivity contribution in [2.45, 2.75) is 58.5 Å². The minimum atomic E-state index is -0.303. The van der Waals surface area contributed by atoms with E-state index in [1.807, 2.05) is 4.90 Å². The molecule has 34 heavy (non-hydrogen) atoms. The maximum atomic E-state index is 13.4. The average Bonchev–Trinajstić information content (AvgIpc) is 3.40. The van der Waals surface area contributed by atoms with Gasteiger partial charge in [-0.2, -0.15) is 0 Å². The van der Waals surface area contributed by atoms with Crippen molar-refractivity contribution in [2.24, 2.45) is 5.92 Å². The molecule has 1 atom stereocenters. The fourth-order valence-corrected chi connectivity index (χ4v) is 5.99. The van der Waals surface area contributed by atoms with Crippen LogP contribution in [0.15, 0.2) is 29.8 Å². The van der Waals surface area contributed by atoms with Crippen molar-refractivity contribution in [2.75, 3.05) is 13.1 Å². The summed E-state index contributed by atoms with van der Waals surface area (Å²) in [5.41, 5.74) is 3.00. The van der Waals surface area contributed by atoms with E-state index in [9.17, 15) is 9.59 Å². The van der Waals surface area contributed by atoms with Gasteiger partial charge in [0.2, 0.25) is 0 Å². The van der Waals surface area contributed by atoms with E-state index in [0.29, 0.717) is 31.7 Å². The van der Waals surface area contributed by atoms with Crippen molar-refractivity contribution in [1.29, 1.82) is 0 Å². The number of hydrogen-bond donors (Lipinski definition) is 1. The molecule has 2 aliphatic rings. The number of pyridine rings is 1. The van der Waals surface area contributed by atoms with Gasteiger partial charge in [-0.3, -0.25) is 14.6 Å². The lowest BCUT2D eigenvalue weighted by molar-refractivity contribution is 0.0762. The quantitative estimate of drug-likeness (QED) is 0.606. The number of nitrogens with zero attached hydrogens (tertiary/aromatic N) is 5. The minimum absolute atomic E-state index is 0.111. The lowest BCUT2D eigenvalue weighted by Crippen LogP contribution is -2.36. The molecule has 1 aliphatic carbocycles. The van der Waals surface area contributed by atoms with E-state index in [1.54, 1.807) is 35.7 Å². The molecule has 9 heteroatoms. The summed E-state index contributed by atoms with van der Waals surface area (Å²) in [6, 6.07) is 4.98. The molecular weight excluding hydrogens is 448 g/mol. The third kappa shape index (κ3) is 4.36. The number of aryl methyl sites for hydroxylation is 1. The molecule has 4 heterocycles. The predicted molar refractivity (Wildman–Crippen MR) is 130 cm³/mol. The molecule has 0 saturated carbocycles. The molecule has 3 aromatic rings. The first-order valence-corrected chi connectivity index (χ1v) is 12.9. The number of aromatic nitrogens is 4. The Bertz CT molecular complexity index is 1190. The van der Waals surface area contributed by atoms with Gasteiger partial charge in [0.25, 0.3) is 11.8 Å². The number of carbonyl (C=O) groups is 2. The van der Waals surface area contributed by atoms with Gasteiger partial charge in [0, 0.05) is 32.3 Å². The summed E-state index contributed by atoms with van der Waals surface area (Å²) in [4.78, 5) is 33.2. The summed E-state index contributed by atoms with van der Waals surface area (Å²) in [5.74, 6) is 1.61. The average molecular weight is 479 g/mol. The standard InChI is InChI=1S/C25H30N6O2S/c1-16(2)21(27-24(32)19-9-5-6-11-26-19)23-29-28-20-10-12-30(13-14-31(20)23)25(33)22-18-8-4-3-7-17(18)15-34-22/h5-6,9,11,15-16,21H,3-4,7-8,10,12-14H2,1-2H3,(H,27,32)/t21-/m1/s1. The molecular formula is C25H30N6O2S. The minimum Gasteiger partial charge on any atom is -0.340 e. The van der Waals surface area contributed by atoms with Crippen molar-refractivity contribution < 1.29 is 9.59 Å². The Labute approximate surface area is 203 Å². The van der Waals surface area contributed by atoms with Crippen LogP contribution in [0.2, 0.25) is 0 Å². The van der Waals surface area contributed by atoms with Crippen LogP contribution in [0.3, 0.4) is 0 Å². The molecule has 0 saturated heterocycles. The van der Waals surface area contributed by atoms with E-state index in [1.165, 1.54) is 17.5 Å². The second-order valence-corrected chi connectivity index (χ2v) is 10.2. The molecule has 5 rings (SSSR count). The Morgan fingerprint density at radius 2 is 1.91 bits per heavy atom. The first kappa shape index (κ1) is 22.7. The summed E-state index contributed by atoms with van der Waals surface area (Å²) in [7, 11) is 0. The highest BCUT2D eigenvalue weighted by atomic mass is 32.1. The molecule has 1 N–H and O–H groups in total. The van der Waals surface area contributed by atoms with Crippen molar-refractivity contribution in [1.82, 2.24) is 30.0 Å². The zero-order valence-corrected chi connectivity index (χ0v) is 20.5. The van der Waals surface area contributed by atoms with Crippen molar-refractivity contribution in [3.05, 3.63) is 63.1 Å². The second kappa shape index (κ2) is 9.66. The number of fused-ring (bicyclic) bond motifs is 2. The highest BCUT2D eigenvalue weighted by molar-refractivity contribution is 7.12. The predicted octanol–water partition coefficient (Wildman–Crippen LogP) is 3.44. The zero-order chi connectivity index (χ0) is 23.7. The van der Waals surface area contributed by atoms with E-state index >= 15 is 0 Å². The summed E-state index contributed by atoms with van der Waals surface area (Å²) in [6.07, 6.45) is 6.73. The number of thiophene rings is 1. The third-order valence-electron chi connectivity index (χ3n) is 6.77. The third-order valence-corrected chi connectivity index (χ3v) is 7.83. The van der Waals surface area contributed by atoms with Gasteiger partial charge in [-0.15, -0.1) is 21.5 Å². The molecule has 0 fully saturated rings. The van der Waals surface area contributed by atoms with Crippen LogP contribution < -0.4 is 5.32 Å². The van der Waals surface area contributed by atoms with Crippen molar-refractivity contribution >= 4 is 23.2 Å². The fourth-order valence-electron chi connectivity index (χ4n) is 4.86. The van der Waals surface area contributed by atoms with E-state index in [-0.39, 0.29) is 23.8 Å². The van der Waals surface area contributed by atoms with Crippen LogP contribution >= 0.6 is 11.3 Å². The van der Waals surface area contributed by atoms with Gasteiger partial charge < -0.3 is 14.8 Å². The largest absolute Gasteiger partial charge is 0.340 e. The maximum absolute atomic E-state index is 13.4. The van der Waals surface area contributed by atoms with Crippen LogP contribution in [0.1, 0.15) is 75.7 Å². The van der Waals surface area contributed by atoms with Gasteiger partial charge in [0.1, 0.15) is 11.5 Å². The van der Waals surface area contributed by atoms with E-state index in [0.717, 1.165) is 35.8 Å². The van der Waals surface area contributed by atoms with Crippen LogP contribution in [0, 0.1) is 5.92 Å². The van der Waals surface area contributed by atoms with Gasteiger partial charge in [0.05, 0.1) is 10.9 Å². The maximum Gasteiger partial charge on any atom is 0.270 e. The highest BCUT2D eigenvalue weighted by Gasteiger charge is 2.30. The smallest absolute Gasteiger partial charge is 0.270 e. The summed E-state index contributed by atoms with van der Waals surface area (Å²) < 4.78 is 2.08. The molecule has 0 bridgehead atoms. The topological polar surface area (TPSA) is 93.0 Å². The highest BCUT2D eigenvalue weighted by Crippen LogP contribution is 2.31. The van der Waals surface area contributed by atoms with Gasteiger partial charge in [-0.1, -0.05) is 19.9 Å². The Balaban J connectivity index is 1.33. The molecule has 0 spiro atoms. The van der Waals surface area contributed by atoms with Gasteiger partial charge in [0.15, 0.2) is 5.82 Å². The van der Waals surface area contributed by atoms with Crippen LogP contribution in [-0.2, 0) is 25.8 Å². The SMILES string of the molecule is CC(C)[C@@H](NC(=O)c1ccccn1)c1nnc2n1CCN(C(=O)c1scc3c1CCCC3)CC2. The first-order chi connectivity index (χ1) is 16.5. The number of hydrogen-bond acceptors (Lipinski definition) is 6. The Morgan fingerprint density at radius 3 is 2.71 bits per heavy atom. The molecule has 3 aromatic heterocycles. The zero-order valence-electron chi connectivity index (χ0n) is 19.7. The van der Waals surface area contributed by atoms with E-state index in [4.69, 9.17) is 0 Å². The molecule has 0 aromatic carbocycles. The molecule has 8 nitrogen and oxygen atoms in total. The Morgan fingerprint density at radius 1 is 1.06 bits per heavy atom. The summed E-state index contributed by atoms with van der Waals surface area (Å²) >= 11 is 1.60. The molecule has 0 radical (unpaired) electrons. The number of nitrogens with one attached hydrogen (secondary N) is 1. The van der Waals surface area contributed by atoms with Crippen molar-refractivity contribution in [3.63, 3.8) is 0 Å². The van der Waals surface area contributed by atoms with Crippen LogP contribution in [0.25, 0.3) is 0 Å². The first-order valence-electron chi connectivity index (χ1n) is 12.0. The lowest BCUT2D eigenvalue weighted by Gasteiger charge is -2.23. The van der Waals surface area contributed by atoms with E-state index < -0.39 is 0 Å². The van der Waals surface area contributed by atoms with Gasteiger partial charge in [-0.05, 0) is 60.2 Å². The molecule has 178 valence electrons. The number of carbonyl (C=O) groups excluding carboxylic acids is 2. The number of rotatable bonds is 5. The molecule has 1 aliphatic heterocycles. The van der Waals surface area contributed by atoms with Crippen LogP contribution in [0.4, 0.5) is 0 Å². The summed E-state index contributed by atoms with van der Waals surface area (Å²) in [6.45, 7) is 5.94. The van der Waals surface area contributed by atoms with Gasteiger partial charge >= 0.3 is 0 Å². The van der Waals surface area contributed by atoms with E-state index in [2.05, 4.69) is 44.3 Å². The molecule has 0 unspecified atom stereocenters. The Kier molecular flexibility index (Phi) is 6.45. The van der Waals surface area contributed by atoms with Crippen LogP contribution in [-0.4, -0.2) is 49.6 Å². The monoisotopic (exact) mass is 478 g/mol.